The van der Waals surface area contributed by atoms with Crippen LogP contribution in [0.2, 0.25) is 0 Å². The summed E-state index contributed by atoms with van der Waals surface area (Å²) in [7, 11) is -3.81. The molecule has 0 aromatic heterocycles. The van der Waals surface area contributed by atoms with Gasteiger partial charge < -0.3 is 5.32 Å². The van der Waals surface area contributed by atoms with Gasteiger partial charge in [0.05, 0.1) is 4.90 Å². The van der Waals surface area contributed by atoms with Gasteiger partial charge in [-0.25, -0.2) is 13.1 Å². The van der Waals surface area contributed by atoms with Crippen molar-refractivity contribution in [1.29, 1.82) is 0 Å². The highest BCUT2D eigenvalue weighted by molar-refractivity contribution is 9.10. The lowest BCUT2D eigenvalue weighted by Crippen LogP contribution is -2.24. The van der Waals surface area contributed by atoms with Gasteiger partial charge in [0.15, 0.2) is 0 Å². The molecule has 0 aliphatic rings. The normalized spacial score (nSPS) is 11.2. The predicted octanol–water partition coefficient (Wildman–Crippen LogP) is 4.94. The smallest absolute Gasteiger partial charge is 0.255 e. The lowest BCUT2D eigenvalue weighted by Gasteiger charge is -2.11. The standard InChI is InChI=1S/C20H16Br2N2O3S/c21-16-7-4-8-17(12-16)24-20(25)15-9-10-18(22)19(11-15)28(26,27)23-13-14-5-2-1-3-6-14/h1-12,23H,13H2,(H,24,25). The highest BCUT2D eigenvalue weighted by atomic mass is 79.9. The number of carbonyl (C=O) groups excluding carboxylic acids is 1. The van der Waals surface area contributed by atoms with Crippen molar-refractivity contribution in [1.82, 2.24) is 4.72 Å². The second-order valence-electron chi connectivity index (χ2n) is 5.92. The fourth-order valence-corrected chi connectivity index (χ4v) is 4.88. The Hall–Kier alpha value is -2.00. The first-order valence-corrected chi connectivity index (χ1v) is 11.3. The van der Waals surface area contributed by atoms with E-state index in [1.165, 1.54) is 6.07 Å². The SMILES string of the molecule is O=C(Nc1cccc(Br)c1)c1ccc(Br)c(S(=O)(=O)NCc2ccccc2)c1. The zero-order chi connectivity index (χ0) is 20.1. The Labute approximate surface area is 180 Å². The second kappa shape index (κ2) is 9.00. The number of benzene rings is 3. The van der Waals surface area contributed by atoms with E-state index < -0.39 is 15.9 Å². The maximum absolute atomic E-state index is 12.7. The van der Waals surface area contributed by atoms with Gasteiger partial charge in [-0.1, -0.05) is 52.3 Å². The Morgan fingerprint density at radius 3 is 2.36 bits per heavy atom. The molecule has 144 valence electrons. The molecule has 5 nitrogen and oxygen atoms in total. The predicted molar refractivity (Wildman–Crippen MR) is 117 cm³/mol. The molecule has 28 heavy (non-hydrogen) atoms. The number of halogens is 2. The highest BCUT2D eigenvalue weighted by Crippen LogP contribution is 2.24. The van der Waals surface area contributed by atoms with Gasteiger partial charge >= 0.3 is 0 Å². The zero-order valence-electron chi connectivity index (χ0n) is 14.5. The van der Waals surface area contributed by atoms with E-state index in [4.69, 9.17) is 0 Å². The van der Waals surface area contributed by atoms with Crippen molar-refractivity contribution >= 4 is 53.5 Å². The van der Waals surface area contributed by atoms with Gasteiger partial charge in [-0.3, -0.25) is 4.79 Å². The number of hydrogen-bond donors (Lipinski definition) is 2. The third-order valence-electron chi connectivity index (χ3n) is 3.87. The Morgan fingerprint density at radius 1 is 0.893 bits per heavy atom. The van der Waals surface area contributed by atoms with E-state index in [0.717, 1.165) is 10.0 Å². The van der Waals surface area contributed by atoms with Gasteiger partial charge in [-0.15, -0.1) is 0 Å². The van der Waals surface area contributed by atoms with Crippen LogP contribution >= 0.6 is 31.9 Å². The molecular formula is C20H16Br2N2O3S. The van der Waals surface area contributed by atoms with Crippen molar-refractivity contribution in [3.05, 3.63) is 92.9 Å². The number of anilines is 1. The largest absolute Gasteiger partial charge is 0.322 e. The maximum atomic E-state index is 12.7. The first kappa shape index (κ1) is 20.7. The molecule has 0 bridgehead atoms. The summed E-state index contributed by atoms with van der Waals surface area (Å²) in [5, 5.41) is 2.76. The minimum absolute atomic E-state index is 0.00493. The van der Waals surface area contributed by atoms with E-state index in [2.05, 4.69) is 41.9 Å². The Kier molecular flexibility index (Phi) is 6.66. The molecule has 0 fully saturated rings. The summed E-state index contributed by atoms with van der Waals surface area (Å²) in [6.07, 6.45) is 0. The number of rotatable bonds is 6. The number of hydrogen-bond acceptors (Lipinski definition) is 3. The van der Waals surface area contributed by atoms with E-state index in [-0.39, 0.29) is 17.0 Å². The molecule has 0 saturated heterocycles. The van der Waals surface area contributed by atoms with Crippen LogP contribution in [0.5, 0.6) is 0 Å². The van der Waals surface area contributed by atoms with Gasteiger partial charge in [-0.05, 0) is 57.9 Å². The average molecular weight is 524 g/mol. The minimum Gasteiger partial charge on any atom is -0.322 e. The molecule has 2 N–H and O–H groups in total. The summed E-state index contributed by atoms with van der Waals surface area (Å²) in [4.78, 5) is 12.5. The van der Waals surface area contributed by atoms with Crippen LogP contribution in [0.4, 0.5) is 5.69 Å². The summed E-state index contributed by atoms with van der Waals surface area (Å²) in [6.45, 7) is 0.157. The highest BCUT2D eigenvalue weighted by Gasteiger charge is 2.20. The summed E-state index contributed by atoms with van der Waals surface area (Å²) in [5.41, 5.74) is 1.68. The lowest BCUT2D eigenvalue weighted by atomic mass is 10.2. The number of amides is 1. The van der Waals surface area contributed by atoms with Crippen LogP contribution in [-0.4, -0.2) is 14.3 Å². The number of nitrogens with one attached hydrogen (secondary N) is 2. The van der Waals surface area contributed by atoms with Gasteiger partial charge in [0, 0.05) is 26.7 Å². The maximum Gasteiger partial charge on any atom is 0.255 e. The van der Waals surface area contributed by atoms with Crippen LogP contribution in [0.3, 0.4) is 0 Å². The van der Waals surface area contributed by atoms with Crippen molar-refractivity contribution in [3.63, 3.8) is 0 Å². The first-order chi connectivity index (χ1) is 13.3. The molecule has 0 aliphatic heterocycles. The molecular weight excluding hydrogens is 508 g/mol. The minimum atomic E-state index is -3.81. The number of sulfonamides is 1. The van der Waals surface area contributed by atoms with Crippen molar-refractivity contribution in [2.75, 3.05) is 5.32 Å². The molecule has 3 aromatic carbocycles. The molecule has 8 heteroatoms. The van der Waals surface area contributed by atoms with Crippen LogP contribution in [0.25, 0.3) is 0 Å². The van der Waals surface area contributed by atoms with E-state index in [1.807, 2.05) is 36.4 Å². The van der Waals surface area contributed by atoms with Crippen LogP contribution in [0.1, 0.15) is 15.9 Å². The quantitative estimate of drug-likeness (QED) is 0.480. The lowest BCUT2D eigenvalue weighted by molar-refractivity contribution is 0.102. The molecule has 1 amide bonds. The Balaban J connectivity index is 1.81. The fourth-order valence-electron chi connectivity index (χ4n) is 2.47. The van der Waals surface area contributed by atoms with Crippen molar-refractivity contribution in [2.45, 2.75) is 11.4 Å². The average Bonchev–Trinajstić information content (AvgIpc) is 2.67. The molecule has 0 atom stereocenters. The topological polar surface area (TPSA) is 75.3 Å². The monoisotopic (exact) mass is 522 g/mol. The Bertz CT molecular complexity index is 1100. The summed E-state index contributed by atoms with van der Waals surface area (Å²) < 4.78 is 29.2. The zero-order valence-corrected chi connectivity index (χ0v) is 18.5. The molecule has 0 heterocycles. The van der Waals surface area contributed by atoms with Gasteiger partial charge in [0.1, 0.15) is 0 Å². The van der Waals surface area contributed by atoms with Crippen LogP contribution < -0.4 is 10.0 Å². The van der Waals surface area contributed by atoms with Gasteiger partial charge in [-0.2, -0.15) is 0 Å². The Morgan fingerprint density at radius 2 is 1.64 bits per heavy atom. The molecule has 0 unspecified atom stereocenters. The van der Waals surface area contributed by atoms with E-state index in [0.29, 0.717) is 10.2 Å². The molecule has 3 aromatic rings. The van der Waals surface area contributed by atoms with E-state index >= 15 is 0 Å². The summed E-state index contributed by atoms with van der Waals surface area (Å²) in [6, 6.07) is 20.8. The molecule has 0 radical (unpaired) electrons. The molecule has 0 aliphatic carbocycles. The van der Waals surface area contributed by atoms with E-state index in [9.17, 15) is 13.2 Å². The first-order valence-electron chi connectivity index (χ1n) is 8.25. The van der Waals surface area contributed by atoms with Crippen LogP contribution in [0, 0.1) is 0 Å². The second-order valence-corrected chi connectivity index (χ2v) is 9.43. The van der Waals surface area contributed by atoms with Crippen LogP contribution in [-0.2, 0) is 16.6 Å². The molecule has 0 saturated carbocycles. The summed E-state index contributed by atoms with van der Waals surface area (Å²) >= 11 is 6.61. The van der Waals surface area contributed by atoms with Crippen molar-refractivity contribution < 1.29 is 13.2 Å². The van der Waals surface area contributed by atoms with Crippen molar-refractivity contribution in [3.8, 4) is 0 Å². The summed E-state index contributed by atoms with van der Waals surface area (Å²) in [5.74, 6) is -0.398. The third kappa shape index (κ3) is 5.29. The van der Waals surface area contributed by atoms with Gasteiger partial charge in [0.25, 0.3) is 5.91 Å². The van der Waals surface area contributed by atoms with Crippen molar-refractivity contribution in [2.24, 2.45) is 0 Å². The molecule has 0 spiro atoms. The fraction of sp³-hybridized carbons (Fsp3) is 0.0500. The van der Waals surface area contributed by atoms with E-state index in [1.54, 1.807) is 30.3 Å². The van der Waals surface area contributed by atoms with Crippen LogP contribution in [0.15, 0.2) is 86.6 Å². The molecule has 3 rings (SSSR count). The van der Waals surface area contributed by atoms with Gasteiger partial charge in [0.2, 0.25) is 10.0 Å². The third-order valence-corrected chi connectivity index (χ3v) is 6.76. The number of carbonyl (C=O) groups is 1.